The van der Waals surface area contributed by atoms with Gasteiger partial charge in [0.05, 0.1) is 0 Å². The van der Waals surface area contributed by atoms with Gasteiger partial charge >= 0.3 is 0 Å². The van der Waals surface area contributed by atoms with Gasteiger partial charge in [0.2, 0.25) is 0 Å². The Morgan fingerprint density at radius 1 is 1.33 bits per heavy atom. The van der Waals surface area contributed by atoms with Crippen LogP contribution in [0, 0.1) is 0 Å². The molecule has 1 aliphatic rings. The predicted octanol–water partition coefficient (Wildman–Crippen LogP) is 1.42. The third-order valence-corrected chi connectivity index (χ3v) is 3.16. The highest BCUT2D eigenvalue weighted by atomic mass is 15.3. The van der Waals surface area contributed by atoms with E-state index in [0.29, 0.717) is 5.54 Å². The molecule has 1 heterocycles. The van der Waals surface area contributed by atoms with Gasteiger partial charge in [-0.2, -0.15) is 0 Å². The summed E-state index contributed by atoms with van der Waals surface area (Å²) in [5.41, 5.74) is 0.505. The second kappa shape index (κ2) is 3.75. The van der Waals surface area contributed by atoms with Crippen molar-refractivity contribution >= 4 is 0 Å². The van der Waals surface area contributed by atoms with E-state index in [1.165, 1.54) is 32.5 Å². The number of likely N-dealkylation sites (N-methyl/N-ethyl adjacent to an activating group) is 2. The summed E-state index contributed by atoms with van der Waals surface area (Å²) in [5, 5.41) is 0. The van der Waals surface area contributed by atoms with E-state index in [-0.39, 0.29) is 0 Å². The van der Waals surface area contributed by atoms with Crippen LogP contribution in [0.3, 0.4) is 0 Å². The summed E-state index contributed by atoms with van der Waals surface area (Å²) in [6.07, 6.45) is 2.55. The van der Waals surface area contributed by atoms with Gasteiger partial charge in [0.25, 0.3) is 0 Å². The standard InChI is InChI=1S/C10H22N2/c1-5-7-12(4)10(6-2)8-11(3)9-10/h5-9H2,1-4H3. The highest BCUT2D eigenvalue weighted by Gasteiger charge is 2.42. The maximum atomic E-state index is 2.53. The summed E-state index contributed by atoms with van der Waals surface area (Å²) in [4.78, 5) is 4.93. The van der Waals surface area contributed by atoms with Crippen molar-refractivity contribution in [2.75, 3.05) is 33.7 Å². The lowest BCUT2D eigenvalue weighted by atomic mass is 9.86. The summed E-state index contributed by atoms with van der Waals surface area (Å²) >= 11 is 0. The lowest BCUT2D eigenvalue weighted by molar-refractivity contribution is -0.0300. The maximum absolute atomic E-state index is 2.53. The molecule has 1 rings (SSSR count). The Balaban J connectivity index is 2.45. The van der Waals surface area contributed by atoms with Crippen LogP contribution in [0.5, 0.6) is 0 Å². The van der Waals surface area contributed by atoms with E-state index in [2.05, 4.69) is 37.7 Å². The van der Waals surface area contributed by atoms with Crippen molar-refractivity contribution in [1.29, 1.82) is 0 Å². The minimum Gasteiger partial charge on any atom is -0.303 e. The molecular formula is C10H22N2. The molecule has 0 spiro atoms. The van der Waals surface area contributed by atoms with Gasteiger partial charge in [0, 0.05) is 18.6 Å². The van der Waals surface area contributed by atoms with E-state index in [9.17, 15) is 0 Å². The minimum atomic E-state index is 0.505. The number of hydrogen-bond donors (Lipinski definition) is 0. The van der Waals surface area contributed by atoms with Crippen LogP contribution < -0.4 is 0 Å². The molecule has 1 aliphatic heterocycles. The van der Waals surface area contributed by atoms with Crippen molar-refractivity contribution in [1.82, 2.24) is 9.80 Å². The Morgan fingerprint density at radius 3 is 2.25 bits per heavy atom. The van der Waals surface area contributed by atoms with Crippen molar-refractivity contribution in [3.8, 4) is 0 Å². The van der Waals surface area contributed by atoms with Crippen molar-refractivity contribution in [2.24, 2.45) is 0 Å². The Bertz CT molecular complexity index is 139. The molecule has 0 aliphatic carbocycles. The monoisotopic (exact) mass is 170 g/mol. The molecule has 0 aromatic heterocycles. The van der Waals surface area contributed by atoms with Crippen LogP contribution in [0.2, 0.25) is 0 Å². The van der Waals surface area contributed by atoms with Gasteiger partial charge in [-0.05, 0) is 33.5 Å². The number of likely N-dealkylation sites (tertiary alicyclic amines) is 1. The third kappa shape index (κ3) is 1.64. The van der Waals surface area contributed by atoms with Crippen LogP contribution in [0.15, 0.2) is 0 Å². The summed E-state index contributed by atoms with van der Waals surface area (Å²) in [6.45, 7) is 8.29. The highest BCUT2D eigenvalue weighted by molar-refractivity contribution is 5.00. The fourth-order valence-electron chi connectivity index (χ4n) is 2.27. The Hall–Kier alpha value is -0.0800. The quantitative estimate of drug-likeness (QED) is 0.629. The van der Waals surface area contributed by atoms with Crippen LogP contribution in [0.1, 0.15) is 26.7 Å². The predicted molar refractivity (Wildman–Crippen MR) is 53.4 cm³/mol. The van der Waals surface area contributed by atoms with Crippen LogP contribution in [0.25, 0.3) is 0 Å². The third-order valence-electron chi connectivity index (χ3n) is 3.16. The van der Waals surface area contributed by atoms with Crippen LogP contribution >= 0.6 is 0 Å². The molecule has 12 heavy (non-hydrogen) atoms. The topological polar surface area (TPSA) is 6.48 Å². The summed E-state index contributed by atoms with van der Waals surface area (Å²) in [7, 11) is 4.47. The van der Waals surface area contributed by atoms with Gasteiger partial charge in [0.1, 0.15) is 0 Å². The summed E-state index contributed by atoms with van der Waals surface area (Å²) in [5.74, 6) is 0. The van der Waals surface area contributed by atoms with Gasteiger partial charge in [-0.25, -0.2) is 0 Å². The fraction of sp³-hybridized carbons (Fsp3) is 1.00. The Labute approximate surface area is 76.5 Å². The first-order chi connectivity index (χ1) is 5.64. The molecular weight excluding hydrogens is 148 g/mol. The largest absolute Gasteiger partial charge is 0.303 e. The molecule has 0 saturated carbocycles. The number of rotatable bonds is 4. The van der Waals surface area contributed by atoms with E-state index in [1.807, 2.05) is 0 Å². The van der Waals surface area contributed by atoms with E-state index in [0.717, 1.165) is 0 Å². The molecule has 0 atom stereocenters. The van der Waals surface area contributed by atoms with Gasteiger partial charge in [-0.3, -0.25) is 4.90 Å². The van der Waals surface area contributed by atoms with Crippen molar-refractivity contribution in [3.63, 3.8) is 0 Å². The Morgan fingerprint density at radius 2 is 1.92 bits per heavy atom. The first kappa shape index (κ1) is 10.0. The molecule has 2 heteroatoms. The second-order valence-electron chi connectivity index (χ2n) is 4.17. The van der Waals surface area contributed by atoms with E-state index >= 15 is 0 Å². The normalized spacial score (nSPS) is 22.8. The van der Waals surface area contributed by atoms with E-state index < -0.39 is 0 Å². The molecule has 0 aromatic rings. The average Bonchev–Trinajstić information content (AvgIpc) is 1.98. The van der Waals surface area contributed by atoms with Gasteiger partial charge in [-0.1, -0.05) is 13.8 Å². The fourth-order valence-corrected chi connectivity index (χ4v) is 2.27. The lowest BCUT2D eigenvalue weighted by Gasteiger charge is -2.53. The van der Waals surface area contributed by atoms with Crippen molar-refractivity contribution < 1.29 is 0 Å². The van der Waals surface area contributed by atoms with Crippen LogP contribution in [-0.4, -0.2) is 49.1 Å². The molecule has 1 saturated heterocycles. The smallest absolute Gasteiger partial charge is 0.0457 e. The van der Waals surface area contributed by atoms with E-state index in [4.69, 9.17) is 0 Å². The molecule has 2 nitrogen and oxygen atoms in total. The Kier molecular flexibility index (Phi) is 3.13. The molecule has 72 valence electrons. The zero-order chi connectivity index (χ0) is 9.19. The average molecular weight is 170 g/mol. The van der Waals surface area contributed by atoms with Crippen molar-refractivity contribution in [3.05, 3.63) is 0 Å². The molecule has 0 unspecified atom stereocenters. The highest BCUT2D eigenvalue weighted by Crippen LogP contribution is 2.28. The zero-order valence-electron chi connectivity index (χ0n) is 8.93. The molecule has 0 aromatic carbocycles. The van der Waals surface area contributed by atoms with Gasteiger partial charge in [-0.15, -0.1) is 0 Å². The molecule has 0 amide bonds. The summed E-state index contributed by atoms with van der Waals surface area (Å²) < 4.78 is 0. The van der Waals surface area contributed by atoms with Crippen LogP contribution in [-0.2, 0) is 0 Å². The lowest BCUT2D eigenvalue weighted by Crippen LogP contribution is -2.67. The van der Waals surface area contributed by atoms with E-state index in [1.54, 1.807) is 0 Å². The van der Waals surface area contributed by atoms with Crippen molar-refractivity contribution in [2.45, 2.75) is 32.2 Å². The number of nitrogens with zero attached hydrogens (tertiary/aromatic N) is 2. The van der Waals surface area contributed by atoms with Crippen LogP contribution in [0.4, 0.5) is 0 Å². The van der Waals surface area contributed by atoms with Gasteiger partial charge < -0.3 is 4.90 Å². The second-order valence-corrected chi connectivity index (χ2v) is 4.17. The number of hydrogen-bond acceptors (Lipinski definition) is 2. The maximum Gasteiger partial charge on any atom is 0.0457 e. The first-order valence-electron chi connectivity index (χ1n) is 5.04. The molecule has 0 N–H and O–H groups in total. The molecule has 0 radical (unpaired) electrons. The molecule has 0 bridgehead atoms. The molecule has 1 fully saturated rings. The summed E-state index contributed by atoms with van der Waals surface area (Å²) in [6, 6.07) is 0. The zero-order valence-corrected chi connectivity index (χ0v) is 8.93. The first-order valence-corrected chi connectivity index (χ1v) is 5.04. The SMILES string of the molecule is CCCN(C)C1(CC)CN(C)C1. The van der Waals surface area contributed by atoms with Gasteiger partial charge in [0.15, 0.2) is 0 Å². The minimum absolute atomic E-state index is 0.505.